The highest BCUT2D eigenvalue weighted by molar-refractivity contribution is 5.85. The Hall–Kier alpha value is -1.06. The summed E-state index contributed by atoms with van der Waals surface area (Å²) in [6.45, 7) is 2.15. The van der Waals surface area contributed by atoms with Crippen LogP contribution >= 0.6 is 12.4 Å². The third-order valence-electron chi connectivity index (χ3n) is 4.00. The van der Waals surface area contributed by atoms with Crippen LogP contribution in [0.2, 0.25) is 0 Å². The molecule has 1 N–H and O–H groups in total. The van der Waals surface area contributed by atoms with Gasteiger partial charge < -0.3 is 10.2 Å². The highest BCUT2D eigenvalue weighted by atomic mass is 35.5. The summed E-state index contributed by atoms with van der Waals surface area (Å²) >= 11 is 0. The molecule has 2 aliphatic rings. The lowest BCUT2D eigenvalue weighted by atomic mass is 9.93. The molecule has 2 fully saturated rings. The van der Waals surface area contributed by atoms with Gasteiger partial charge >= 0.3 is 0 Å². The van der Waals surface area contributed by atoms with Gasteiger partial charge in [-0.1, -0.05) is 35.5 Å². The first-order valence-electron chi connectivity index (χ1n) is 5.72. The number of halogens is 1. The summed E-state index contributed by atoms with van der Waals surface area (Å²) in [4.78, 5) is 4.79. The molecular weight excluding hydrogens is 236 g/mol. The van der Waals surface area contributed by atoms with Gasteiger partial charge in [-0.15, -0.1) is 12.4 Å². The summed E-state index contributed by atoms with van der Waals surface area (Å²) in [5, 5.41) is 7.40. The number of oxime groups is 1. The van der Waals surface area contributed by atoms with Crippen molar-refractivity contribution in [2.45, 2.75) is 5.41 Å². The minimum Gasteiger partial charge on any atom is -0.399 e. The topological polar surface area (TPSA) is 33.6 Å². The van der Waals surface area contributed by atoms with Gasteiger partial charge in [0.15, 0.2) is 0 Å². The third kappa shape index (κ3) is 1.74. The largest absolute Gasteiger partial charge is 0.399 e. The average Bonchev–Trinajstić information content (AvgIpc) is 2.74. The fraction of sp³-hybridized carbons (Fsp3) is 0.462. The zero-order chi connectivity index (χ0) is 11.0. The minimum atomic E-state index is 0. The molecule has 1 aromatic carbocycles. The maximum atomic E-state index is 4.79. The number of hydrogen-bond donors (Lipinski definition) is 1. The number of nitrogens with one attached hydrogen (secondary N) is 1. The van der Waals surface area contributed by atoms with E-state index < -0.39 is 0 Å². The lowest BCUT2D eigenvalue weighted by molar-refractivity contribution is 0.214. The van der Waals surface area contributed by atoms with E-state index in [2.05, 4.69) is 40.8 Å². The fourth-order valence-electron chi connectivity index (χ4n) is 3.16. The molecule has 0 amide bonds. The monoisotopic (exact) mass is 252 g/mol. The second kappa shape index (κ2) is 4.67. The molecular formula is C13H17ClN2O. The van der Waals surface area contributed by atoms with E-state index in [-0.39, 0.29) is 17.8 Å². The summed E-state index contributed by atoms with van der Waals surface area (Å²) in [5.41, 5.74) is 1.71. The Kier molecular flexibility index (Phi) is 3.40. The van der Waals surface area contributed by atoms with E-state index in [4.69, 9.17) is 4.84 Å². The van der Waals surface area contributed by atoms with Crippen molar-refractivity contribution in [2.24, 2.45) is 17.0 Å². The maximum absolute atomic E-state index is 4.79. The number of fused-ring (bicyclic) bond motifs is 1. The fourth-order valence-corrected chi connectivity index (χ4v) is 3.16. The Bertz CT molecular complexity index is 409. The Labute approximate surface area is 108 Å². The summed E-state index contributed by atoms with van der Waals surface area (Å²) in [6.07, 6.45) is 1.97. The van der Waals surface area contributed by atoms with Crippen LogP contribution in [0.4, 0.5) is 0 Å². The molecule has 1 heterocycles. The second-order valence-corrected chi connectivity index (χ2v) is 4.61. The van der Waals surface area contributed by atoms with E-state index in [1.807, 2.05) is 6.21 Å². The molecule has 92 valence electrons. The molecule has 3 unspecified atom stereocenters. The number of hydrogen-bond acceptors (Lipinski definition) is 3. The van der Waals surface area contributed by atoms with Gasteiger partial charge in [0.2, 0.25) is 0 Å². The van der Waals surface area contributed by atoms with Gasteiger partial charge in [0, 0.05) is 24.1 Å². The van der Waals surface area contributed by atoms with Crippen molar-refractivity contribution >= 4 is 18.6 Å². The summed E-state index contributed by atoms with van der Waals surface area (Å²) in [6, 6.07) is 10.7. The van der Waals surface area contributed by atoms with Crippen molar-refractivity contribution in [3.05, 3.63) is 35.9 Å². The minimum absolute atomic E-state index is 0. The standard InChI is InChI=1S/C13H16N2O.ClH/c1-16-15-8-12-11-7-14-9-13(11,12)10-5-3-2-4-6-10;/h2-6,8,11-12,14H,7,9H2,1H3;1H. The van der Waals surface area contributed by atoms with E-state index >= 15 is 0 Å². The van der Waals surface area contributed by atoms with E-state index in [0.717, 1.165) is 13.1 Å². The van der Waals surface area contributed by atoms with Crippen LogP contribution in [0.15, 0.2) is 35.5 Å². The zero-order valence-corrected chi connectivity index (χ0v) is 10.6. The van der Waals surface area contributed by atoms with Gasteiger partial charge in [0.05, 0.1) is 0 Å². The molecule has 0 spiro atoms. The van der Waals surface area contributed by atoms with Crippen molar-refractivity contribution in [3.63, 3.8) is 0 Å². The highest BCUT2D eigenvalue weighted by Crippen LogP contribution is 2.60. The third-order valence-corrected chi connectivity index (χ3v) is 4.00. The van der Waals surface area contributed by atoms with E-state index in [1.165, 1.54) is 5.56 Å². The molecule has 3 atom stereocenters. The Morgan fingerprint density at radius 1 is 1.41 bits per heavy atom. The first-order valence-corrected chi connectivity index (χ1v) is 5.72. The van der Waals surface area contributed by atoms with Crippen LogP contribution in [0, 0.1) is 11.8 Å². The van der Waals surface area contributed by atoms with Crippen LogP contribution in [0.1, 0.15) is 5.56 Å². The van der Waals surface area contributed by atoms with E-state index in [9.17, 15) is 0 Å². The zero-order valence-electron chi connectivity index (χ0n) is 9.80. The lowest BCUT2D eigenvalue weighted by Crippen LogP contribution is -2.23. The molecule has 17 heavy (non-hydrogen) atoms. The van der Waals surface area contributed by atoms with E-state index in [1.54, 1.807) is 7.11 Å². The SMILES string of the molecule is CON=CC1C2CNCC12c1ccccc1.Cl. The van der Waals surface area contributed by atoms with Gasteiger partial charge in [0.1, 0.15) is 7.11 Å². The van der Waals surface area contributed by atoms with Crippen LogP contribution in [-0.2, 0) is 10.3 Å². The summed E-state index contributed by atoms with van der Waals surface area (Å²) in [7, 11) is 1.60. The van der Waals surface area contributed by atoms with Crippen LogP contribution in [0.3, 0.4) is 0 Å². The molecule has 1 aromatic rings. The summed E-state index contributed by atoms with van der Waals surface area (Å²) in [5.74, 6) is 1.23. The average molecular weight is 253 g/mol. The molecule has 0 bridgehead atoms. The van der Waals surface area contributed by atoms with Crippen LogP contribution in [0.25, 0.3) is 0 Å². The predicted octanol–water partition coefficient (Wildman–Crippen LogP) is 1.83. The molecule has 1 aliphatic heterocycles. The van der Waals surface area contributed by atoms with Gasteiger partial charge in [-0.2, -0.15) is 0 Å². The first kappa shape index (κ1) is 12.4. The molecule has 3 nitrogen and oxygen atoms in total. The van der Waals surface area contributed by atoms with Crippen LogP contribution in [-0.4, -0.2) is 26.4 Å². The molecule has 3 rings (SSSR count). The van der Waals surface area contributed by atoms with Crippen LogP contribution in [0.5, 0.6) is 0 Å². The van der Waals surface area contributed by atoms with Crippen LogP contribution < -0.4 is 5.32 Å². The maximum Gasteiger partial charge on any atom is 0.106 e. The van der Waals surface area contributed by atoms with Crippen molar-refractivity contribution in [2.75, 3.05) is 20.2 Å². The smallest absolute Gasteiger partial charge is 0.106 e. The second-order valence-electron chi connectivity index (χ2n) is 4.61. The first-order chi connectivity index (χ1) is 7.89. The molecule has 4 heteroatoms. The number of nitrogens with zero attached hydrogens (tertiary/aromatic N) is 1. The normalized spacial score (nSPS) is 34.2. The van der Waals surface area contributed by atoms with Gasteiger partial charge in [-0.05, 0) is 18.0 Å². The van der Waals surface area contributed by atoms with Crippen molar-refractivity contribution in [1.29, 1.82) is 0 Å². The molecule has 0 aromatic heterocycles. The molecule has 1 aliphatic carbocycles. The Morgan fingerprint density at radius 2 is 2.18 bits per heavy atom. The van der Waals surface area contributed by atoms with Gasteiger partial charge in [0.25, 0.3) is 0 Å². The number of piperidine rings is 1. The van der Waals surface area contributed by atoms with Crippen molar-refractivity contribution in [1.82, 2.24) is 5.32 Å². The Balaban J connectivity index is 0.00000108. The highest BCUT2D eigenvalue weighted by Gasteiger charge is 2.66. The van der Waals surface area contributed by atoms with Gasteiger partial charge in [-0.25, -0.2) is 0 Å². The summed E-state index contributed by atoms with van der Waals surface area (Å²) < 4.78 is 0. The number of benzene rings is 1. The quantitative estimate of drug-likeness (QED) is 0.658. The van der Waals surface area contributed by atoms with Crippen molar-refractivity contribution in [3.8, 4) is 0 Å². The Morgan fingerprint density at radius 3 is 2.88 bits per heavy atom. The molecule has 1 saturated carbocycles. The van der Waals surface area contributed by atoms with Crippen molar-refractivity contribution < 1.29 is 4.84 Å². The number of rotatable bonds is 3. The van der Waals surface area contributed by atoms with Gasteiger partial charge in [-0.3, -0.25) is 0 Å². The lowest BCUT2D eigenvalue weighted by Gasteiger charge is -2.13. The molecule has 1 saturated heterocycles. The molecule has 0 radical (unpaired) electrons. The predicted molar refractivity (Wildman–Crippen MR) is 70.7 cm³/mol. The van der Waals surface area contributed by atoms with E-state index in [0.29, 0.717) is 11.8 Å².